The minimum atomic E-state index is 0.577. The topological polar surface area (TPSA) is 12.0 Å². The molecular formula is C12H25N. The fraction of sp³-hybridized carbons (Fsp3) is 1.00. The van der Waals surface area contributed by atoms with Crippen molar-refractivity contribution in [1.29, 1.82) is 0 Å². The van der Waals surface area contributed by atoms with E-state index in [1.807, 2.05) is 0 Å². The molecule has 13 heavy (non-hydrogen) atoms. The van der Waals surface area contributed by atoms with Crippen LogP contribution in [0.25, 0.3) is 0 Å². The van der Waals surface area contributed by atoms with Crippen LogP contribution >= 0.6 is 0 Å². The van der Waals surface area contributed by atoms with Gasteiger partial charge in [0.25, 0.3) is 0 Å². The molecule has 0 heterocycles. The van der Waals surface area contributed by atoms with E-state index in [1.165, 1.54) is 12.8 Å². The summed E-state index contributed by atoms with van der Waals surface area (Å²) in [4.78, 5) is 0. The molecule has 3 unspecified atom stereocenters. The molecule has 0 aliphatic heterocycles. The SMILES string of the molecule is CCNC(C)C1CC(C)(C)CC1C. The summed E-state index contributed by atoms with van der Waals surface area (Å²) < 4.78 is 0. The van der Waals surface area contributed by atoms with E-state index in [2.05, 4.69) is 39.9 Å². The van der Waals surface area contributed by atoms with Crippen LogP contribution < -0.4 is 5.32 Å². The number of nitrogens with one attached hydrogen (secondary N) is 1. The number of hydrogen-bond acceptors (Lipinski definition) is 1. The van der Waals surface area contributed by atoms with Crippen molar-refractivity contribution < 1.29 is 0 Å². The molecule has 0 aromatic rings. The monoisotopic (exact) mass is 183 g/mol. The highest BCUT2D eigenvalue weighted by atomic mass is 14.9. The van der Waals surface area contributed by atoms with Gasteiger partial charge < -0.3 is 5.32 Å². The molecule has 1 rings (SSSR count). The highest BCUT2D eigenvalue weighted by molar-refractivity contribution is 4.91. The normalized spacial score (nSPS) is 34.8. The van der Waals surface area contributed by atoms with E-state index in [0.29, 0.717) is 11.5 Å². The third-order valence-corrected chi connectivity index (χ3v) is 3.56. The Kier molecular flexibility index (Phi) is 3.39. The van der Waals surface area contributed by atoms with Crippen molar-refractivity contribution in [3.05, 3.63) is 0 Å². The second-order valence-corrected chi connectivity index (χ2v) is 5.56. The van der Waals surface area contributed by atoms with Gasteiger partial charge in [0, 0.05) is 6.04 Å². The summed E-state index contributed by atoms with van der Waals surface area (Å²) in [7, 11) is 0. The van der Waals surface area contributed by atoms with Gasteiger partial charge in [-0.1, -0.05) is 27.7 Å². The molecule has 78 valence electrons. The van der Waals surface area contributed by atoms with Gasteiger partial charge in [-0.3, -0.25) is 0 Å². The molecule has 1 heteroatoms. The number of hydrogen-bond donors (Lipinski definition) is 1. The molecule has 1 aliphatic rings. The summed E-state index contributed by atoms with van der Waals surface area (Å²) >= 11 is 0. The van der Waals surface area contributed by atoms with Crippen LogP contribution in [0.1, 0.15) is 47.5 Å². The van der Waals surface area contributed by atoms with E-state index in [9.17, 15) is 0 Å². The minimum absolute atomic E-state index is 0.577. The third-order valence-electron chi connectivity index (χ3n) is 3.56. The van der Waals surface area contributed by atoms with Gasteiger partial charge in [0.05, 0.1) is 0 Å². The summed E-state index contributed by atoms with van der Waals surface area (Å²) in [5.41, 5.74) is 0.577. The van der Waals surface area contributed by atoms with Gasteiger partial charge in [-0.15, -0.1) is 0 Å². The molecule has 1 N–H and O–H groups in total. The van der Waals surface area contributed by atoms with E-state index in [-0.39, 0.29) is 0 Å². The predicted molar refractivity (Wildman–Crippen MR) is 58.8 cm³/mol. The maximum absolute atomic E-state index is 3.56. The smallest absolute Gasteiger partial charge is 0.00696 e. The van der Waals surface area contributed by atoms with Crippen LogP contribution in [0.4, 0.5) is 0 Å². The Hall–Kier alpha value is -0.0400. The second kappa shape index (κ2) is 4.00. The highest BCUT2D eigenvalue weighted by Crippen LogP contribution is 2.46. The molecule has 0 saturated heterocycles. The maximum Gasteiger partial charge on any atom is 0.00696 e. The Morgan fingerprint density at radius 1 is 1.38 bits per heavy atom. The first-order valence-electron chi connectivity index (χ1n) is 5.69. The van der Waals surface area contributed by atoms with Gasteiger partial charge >= 0.3 is 0 Å². The van der Waals surface area contributed by atoms with E-state index in [0.717, 1.165) is 18.4 Å². The first kappa shape index (κ1) is 11.0. The Bertz CT molecular complexity index is 163. The first-order valence-corrected chi connectivity index (χ1v) is 5.69. The molecule has 0 spiro atoms. The molecule has 0 bridgehead atoms. The number of rotatable bonds is 3. The average molecular weight is 183 g/mol. The highest BCUT2D eigenvalue weighted by Gasteiger charge is 2.38. The van der Waals surface area contributed by atoms with Crippen molar-refractivity contribution in [1.82, 2.24) is 5.32 Å². The Balaban J connectivity index is 2.52. The Labute approximate surface area is 83.3 Å². The largest absolute Gasteiger partial charge is 0.314 e. The first-order chi connectivity index (χ1) is 5.96. The van der Waals surface area contributed by atoms with Crippen LogP contribution in [0.5, 0.6) is 0 Å². The molecule has 0 amide bonds. The Morgan fingerprint density at radius 2 is 2.00 bits per heavy atom. The summed E-state index contributed by atoms with van der Waals surface area (Å²) in [5.74, 6) is 1.78. The lowest BCUT2D eigenvalue weighted by Gasteiger charge is -2.24. The molecule has 1 saturated carbocycles. The van der Waals surface area contributed by atoms with Crippen molar-refractivity contribution in [2.45, 2.75) is 53.5 Å². The van der Waals surface area contributed by atoms with Gasteiger partial charge in [0.1, 0.15) is 0 Å². The van der Waals surface area contributed by atoms with Crippen LogP contribution in [-0.4, -0.2) is 12.6 Å². The quantitative estimate of drug-likeness (QED) is 0.709. The molecule has 1 nitrogen and oxygen atoms in total. The fourth-order valence-electron chi connectivity index (χ4n) is 3.09. The molecule has 3 atom stereocenters. The molecule has 1 fully saturated rings. The molecule has 0 aromatic carbocycles. The lowest BCUT2D eigenvalue weighted by molar-refractivity contribution is 0.305. The summed E-state index contributed by atoms with van der Waals surface area (Å²) in [6.45, 7) is 12.9. The molecule has 0 aromatic heterocycles. The van der Waals surface area contributed by atoms with E-state index in [1.54, 1.807) is 0 Å². The van der Waals surface area contributed by atoms with Crippen LogP contribution in [0, 0.1) is 17.3 Å². The third kappa shape index (κ3) is 2.70. The van der Waals surface area contributed by atoms with E-state index in [4.69, 9.17) is 0 Å². The van der Waals surface area contributed by atoms with Crippen LogP contribution in [-0.2, 0) is 0 Å². The zero-order valence-corrected chi connectivity index (χ0v) is 9.85. The summed E-state index contributed by atoms with van der Waals surface area (Å²) in [6, 6.07) is 0.696. The van der Waals surface area contributed by atoms with Crippen LogP contribution in [0.3, 0.4) is 0 Å². The van der Waals surface area contributed by atoms with Crippen molar-refractivity contribution in [3.8, 4) is 0 Å². The van der Waals surface area contributed by atoms with Gasteiger partial charge in [0.2, 0.25) is 0 Å². The second-order valence-electron chi connectivity index (χ2n) is 5.56. The van der Waals surface area contributed by atoms with Crippen molar-refractivity contribution in [2.75, 3.05) is 6.54 Å². The lowest BCUT2D eigenvalue weighted by atomic mass is 9.88. The summed E-state index contributed by atoms with van der Waals surface area (Å²) in [6.07, 6.45) is 2.79. The van der Waals surface area contributed by atoms with Gasteiger partial charge in [-0.25, -0.2) is 0 Å². The standard InChI is InChI=1S/C12H25N/c1-6-13-10(3)11-8-12(4,5)7-9(11)2/h9-11,13H,6-8H2,1-5H3. The van der Waals surface area contributed by atoms with Gasteiger partial charge in [-0.2, -0.15) is 0 Å². The fourth-order valence-corrected chi connectivity index (χ4v) is 3.09. The average Bonchev–Trinajstić information content (AvgIpc) is 2.25. The zero-order chi connectivity index (χ0) is 10.1. The van der Waals surface area contributed by atoms with E-state index < -0.39 is 0 Å². The predicted octanol–water partition coefficient (Wildman–Crippen LogP) is 3.06. The Morgan fingerprint density at radius 3 is 2.38 bits per heavy atom. The lowest BCUT2D eigenvalue weighted by Crippen LogP contribution is -2.34. The minimum Gasteiger partial charge on any atom is -0.314 e. The van der Waals surface area contributed by atoms with E-state index >= 15 is 0 Å². The molecule has 0 radical (unpaired) electrons. The van der Waals surface area contributed by atoms with Crippen LogP contribution in [0.2, 0.25) is 0 Å². The maximum atomic E-state index is 3.56. The van der Waals surface area contributed by atoms with Crippen molar-refractivity contribution in [2.24, 2.45) is 17.3 Å². The zero-order valence-electron chi connectivity index (χ0n) is 9.85. The molecular weight excluding hydrogens is 158 g/mol. The van der Waals surface area contributed by atoms with Crippen molar-refractivity contribution in [3.63, 3.8) is 0 Å². The summed E-state index contributed by atoms with van der Waals surface area (Å²) in [5, 5.41) is 3.56. The van der Waals surface area contributed by atoms with Gasteiger partial charge in [0.15, 0.2) is 0 Å². The van der Waals surface area contributed by atoms with Crippen LogP contribution in [0.15, 0.2) is 0 Å². The van der Waals surface area contributed by atoms with Crippen molar-refractivity contribution >= 4 is 0 Å². The molecule has 1 aliphatic carbocycles. The van der Waals surface area contributed by atoms with Gasteiger partial charge in [-0.05, 0) is 43.6 Å².